The second kappa shape index (κ2) is 13.5. The van der Waals surface area contributed by atoms with Crippen LogP contribution >= 0.6 is 0 Å². The Morgan fingerprint density at radius 2 is 1.91 bits per heavy atom. The van der Waals surface area contributed by atoms with Crippen molar-refractivity contribution in [1.82, 2.24) is 20.5 Å². The molecule has 14 heteroatoms. The van der Waals surface area contributed by atoms with Crippen LogP contribution in [0, 0.1) is 11.8 Å². The summed E-state index contributed by atoms with van der Waals surface area (Å²) in [4.78, 5) is 67.7. The van der Waals surface area contributed by atoms with Gasteiger partial charge in [-0.15, -0.1) is 0 Å². The van der Waals surface area contributed by atoms with Gasteiger partial charge in [-0.05, 0) is 50.3 Å². The maximum Gasteiger partial charge on any atom is 0.518 e. The van der Waals surface area contributed by atoms with Crippen molar-refractivity contribution in [3.8, 4) is 5.75 Å². The number of benzene rings is 1. The first-order chi connectivity index (χ1) is 20.5. The zero-order valence-corrected chi connectivity index (χ0v) is 24.6. The molecule has 3 N–H and O–H groups in total. The van der Waals surface area contributed by atoms with E-state index in [4.69, 9.17) is 18.3 Å². The molecule has 232 valence electrons. The van der Waals surface area contributed by atoms with Crippen molar-refractivity contribution in [3.63, 3.8) is 0 Å². The molecule has 1 aromatic carbocycles. The highest BCUT2D eigenvalue weighted by atomic mass is 16.7. The molecule has 1 aliphatic rings. The van der Waals surface area contributed by atoms with Crippen LogP contribution in [0.1, 0.15) is 62.3 Å². The van der Waals surface area contributed by atoms with E-state index in [1.807, 2.05) is 19.9 Å². The number of aromatic amines is 1. The van der Waals surface area contributed by atoms with Crippen molar-refractivity contribution in [1.29, 1.82) is 0 Å². The van der Waals surface area contributed by atoms with Crippen LogP contribution in [0.15, 0.2) is 44.2 Å². The van der Waals surface area contributed by atoms with Gasteiger partial charge in [0.15, 0.2) is 12.0 Å². The summed E-state index contributed by atoms with van der Waals surface area (Å²) in [6, 6.07) is 5.16. The fraction of sp³-hybridized carbons (Fsp3) is 0.483. The number of carbonyl (C=O) groups is 4. The number of nitrogens with one attached hydrogen (secondary N) is 3. The second-order valence-corrected chi connectivity index (χ2v) is 10.7. The Morgan fingerprint density at radius 1 is 1.14 bits per heavy atom. The molecular formula is C29H36N4O10. The quantitative estimate of drug-likeness (QED) is 0.261. The third-order valence-corrected chi connectivity index (χ3v) is 7.29. The lowest BCUT2D eigenvalue weighted by Crippen LogP contribution is -2.48. The number of ether oxygens (including phenoxy) is 3. The van der Waals surface area contributed by atoms with Gasteiger partial charge in [0.25, 0.3) is 5.91 Å². The molecule has 3 aromatic rings. The largest absolute Gasteiger partial charge is 0.518 e. The Morgan fingerprint density at radius 3 is 2.56 bits per heavy atom. The number of aromatic nitrogens is 1. The molecule has 0 saturated carbocycles. The van der Waals surface area contributed by atoms with Gasteiger partial charge in [-0.2, -0.15) is 0 Å². The zero-order chi connectivity index (χ0) is 31.3. The van der Waals surface area contributed by atoms with Crippen molar-refractivity contribution in [3.05, 3.63) is 52.6 Å². The molecular weight excluding hydrogens is 564 g/mol. The van der Waals surface area contributed by atoms with Crippen LogP contribution in [-0.2, 0) is 19.1 Å². The fourth-order valence-corrected chi connectivity index (χ4v) is 5.17. The third kappa shape index (κ3) is 7.37. The van der Waals surface area contributed by atoms with Gasteiger partial charge in [-0.25, -0.2) is 9.59 Å². The lowest BCUT2D eigenvalue weighted by atomic mass is 9.96. The van der Waals surface area contributed by atoms with Gasteiger partial charge in [-0.3, -0.25) is 14.4 Å². The highest BCUT2D eigenvalue weighted by Gasteiger charge is 2.39. The molecule has 14 nitrogen and oxygen atoms in total. The van der Waals surface area contributed by atoms with Gasteiger partial charge in [-0.1, -0.05) is 19.9 Å². The monoisotopic (exact) mass is 600 g/mol. The minimum absolute atomic E-state index is 0.0285. The van der Waals surface area contributed by atoms with Crippen LogP contribution in [0.25, 0.3) is 10.9 Å². The molecule has 0 bridgehead atoms. The molecule has 4 atom stereocenters. The molecule has 0 aliphatic carbocycles. The van der Waals surface area contributed by atoms with E-state index in [0.29, 0.717) is 30.7 Å². The molecule has 2 aromatic heterocycles. The minimum Gasteiger partial charge on any atom is -0.496 e. The highest BCUT2D eigenvalue weighted by Crippen LogP contribution is 2.31. The van der Waals surface area contributed by atoms with Crippen molar-refractivity contribution >= 4 is 34.8 Å². The standard InChI is InChI=1S/C29H36N4O10/c1-15(2)11-21(32-26(35)22-13-18-19(30-22)7-6-8-23(18)39-4)25(34)31-20(24-14-41-29(38)43-24)12-17-9-10-33(27(17)36)16(3)42-28(37)40-5/h6-8,13-17,20-21,30H,9-12H2,1-5H3,(H,31,34)(H,32,35)/t16-,17-,20-,21-/m0/s1. The second-order valence-electron chi connectivity index (χ2n) is 10.7. The molecule has 43 heavy (non-hydrogen) atoms. The van der Waals surface area contributed by atoms with E-state index in [1.54, 1.807) is 25.1 Å². The lowest BCUT2D eigenvalue weighted by Gasteiger charge is -2.26. The zero-order valence-electron chi connectivity index (χ0n) is 24.6. The van der Waals surface area contributed by atoms with E-state index in [1.165, 1.54) is 19.1 Å². The maximum absolute atomic E-state index is 13.6. The average Bonchev–Trinajstić information content (AvgIpc) is 3.70. The molecule has 0 spiro atoms. The van der Waals surface area contributed by atoms with Crippen LogP contribution in [0.5, 0.6) is 5.75 Å². The van der Waals surface area contributed by atoms with Gasteiger partial charge in [0.2, 0.25) is 11.8 Å². The Labute approximate surface area is 247 Å². The molecule has 0 unspecified atom stereocenters. The molecule has 1 aliphatic heterocycles. The number of fused-ring (bicyclic) bond motifs is 1. The predicted molar refractivity (Wildman–Crippen MR) is 151 cm³/mol. The van der Waals surface area contributed by atoms with E-state index >= 15 is 0 Å². The Hall–Kier alpha value is -4.75. The van der Waals surface area contributed by atoms with Crippen molar-refractivity contribution in [2.45, 2.75) is 58.3 Å². The number of nitrogens with zero attached hydrogens (tertiary/aromatic N) is 1. The summed E-state index contributed by atoms with van der Waals surface area (Å²) in [5.41, 5.74) is 0.948. The van der Waals surface area contributed by atoms with E-state index in [0.717, 1.165) is 11.6 Å². The summed E-state index contributed by atoms with van der Waals surface area (Å²) in [7, 11) is 2.71. The Balaban J connectivity index is 1.50. The van der Waals surface area contributed by atoms with Crippen LogP contribution in [0.3, 0.4) is 0 Å². The highest BCUT2D eigenvalue weighted by molar-refractivity contribution is 6.01. The topological polar surface area (TPSA) is 182 Å². The molecule has 4 rings (SSSR count). The van der Waals surface area contributed by atoms with E-state index in [2.05, 4.69) is 20.4 Å². The number of amides is 3. The van der Waals surface area contributed by atoms with E-state index in [9.17, 15) is 24.0 Å². The van der Waals surface area contributed by atoms with Crippen molar-refractivity contribution in [2.24, 2.45) is 11.8 Å². The van der Waals surface area contributed by atoms with Gasteiger partial charge in [0.1, 0.15) is 23.7 Å². The summed E-state index contributed by atoms with van der Waals surface area (Å²) in [5, 5.41) is 6.35. The number of rotatable bonds is 12. The summed E-state index contributed by atoms with van der Waals surface area (Å²) in [6.07, 6.45) is 0.0823. The van der Waals surface area contributed by atoms with Gasteiger partial charge >= 0.3 is 12.0 Å². The average molecular weight is 601 g/mol. The molecule has 1 fully saturated rings. The summed E-state index contributed by atoms with van der Waals surface area (Å²) in [6.45, 7) is 5.68. The van der Waals surface area contributed by atoms with E-state index in [-0.39, 0.29) is 29.7 Å². The Kier molecular flexibility index (Phi) is 9.78. The number of likely N-dealkylation sites (tertiary alicyclic amines) is 1. The summed E-state index contributed by atoms with van der Waals surface area (Å²) < 4.78 is 24.9. The molecule has 1 saturated heterocycles. The number of H-pyrrole nitrogens is 1. The normalized spacial score (nSPS) is 17.0. The van der Waals surface area contributed by atoms with Crippen LogP contribution in [0.2, 0.25) is 0 Å². The molecule has 3 amide bonds. The fourth-order valence-electron chi connectivity index (χ4n) is 5.17. The smallest absolute Gasteiger partial charge is 0.496 e. The van der Waals surface area contributed by atoms with Crippen LogP contribution in [-0.4, -0.2) is 66.8 Å². The van der Waals surface area contributed by atoms with E-state index < -0.39 is 48.0 Å². The molecule has 0 radical (unpaired) electrons. The third-order valence-electron chi connectivity index (χ3n) is 7.29. The predicted octanol–water partition coefficient (Wildman–Crippen LogP) is 3.09. The number of carbonyl (C=O) groups excluding carboxylic acids is 4. The van der Waals surface area contributed by atoms with Gasteiger partial charge in [0.05, 0.1) is 20.3 Å². The number of hydrogen-bond acceptors (Lipinski definition) is 10. The molecule has 3 heterocycles. The number of hydrogen-bond donors (Lipinski definition) is 3. The minimum atomic E-state index is -0.963. The summed E-state index contributed by atoms with van der Waals surface area (Å²) >= 11 is 0. The first-order valence-corrected chi connectivity index (χ1v) is 13.9. The SMILES string of the molecule is COC(=O)O[C@@H](C)N1CC[C@@H](C[C@H](NC(=O)[C@H](CC(C)C)NC(=O)c2cc3c(OC)cccc3[nH]2)c2coc(=O)o2)C1=O. The first kappa shape index (κ1) is 31.2. The van der Waals surface area contributed by atoms with Gasteiger partial charge < -0.3 is 43.6 Å². The number of methoxy groups -OCH3 is 2. The van der Waals surface area contributed by atoms with Crippen molar-refractivity contribution in [2.75, 3.05) is 20.8 Å². The van der Waals surface area contributed by atoms with Crippen LogP contribution < -0.4 is 21.2 Å². The maximum atomic E-state index is 13.6. The first-order valence-electron chi connectivity index (χ1n) is 13.9. The summed E-state index contributed by atoms with van der Waals surface area (Å²) in [5.74, 6) is -2.22. The lowest BCUT2D eigenvalue weighted by molar-refractivity contribution is -0.140. The van der Waals surface area contributed by atoms with Gasteiger partial charge in [0, 0.05) is 23.4 Å². The van der Waals surface area contributed by atoms with Crippen LogP contribution in [0.4, 0.5) is 4.79 Å². The Bertz CT molecular complexity index is 1520. The van der Waals surface area contributed by atoms with Crippen molar-refractivity contribution < 1.29 is 42.2 Å².